The number of carbonyl (C=O) groups is 1. The van der Waals surface area contributed by atoms with Crippen molar-refractivity contribution in [2.75, 3.05) is 6.61 Å². The van der Waals surface area contributed by atoms with E-state index in [1.165, 1.54) is 25.3 Å². The average molecular weight is 258 g/mol. The Morgan fingerprint density at radius 3 is 2.47 bits per heavy atom. The van der Waals surface area contributed by atoms with Crippen LogP contribution in [-0.4, -0.2) is 12.9 Å². The van der Waals surface area contributed by atoms with Gasteiger partial charge >= 0.3 is 0 Å². The van der Waals surface area contributed by atoms with Crippen LogP contribution in [0.2, 0.25) is 0 Å². The van der Waals surface area contributed by atoms with E-state index in [0.29, 0.717) is 0 Å². The van der Waals surface area contributed by atoms with Crippen LogP contribution in [0.5, 0.6) is 5.75 Å². The molecule has 0 N–H and O–H groups in total. The third-order valence-corrected chi connectivity index (χ3v) is 2.74. The first-order valence-electron chi connectivity index (χ1n) is 6.88. The monoisotopic (exact) mass is 258 g/mol. The molecule has 0 saturated heterocycles. The summed E-state index contributed by atoms with van der Waals surface area (Å²) in [6.45, 7) is 2.99. The molecule has 0 aromatic heterocycles. The Bertz CT molecular complexity index is 402. The number of unbranched alkanes of at least 4 members (excludes halogenated alkanes) is 3. The van der Waals surface area contributed by atoms with E-state index in [9.17, 15) is 4.79 Å². The Hall–Kier alpha value is -1.83. The minimum absolute atomic E-state index is 0.764. The van der Waals surface area contributed by atoms with Crippen LogP contribution >= 0.6 is 0 Å². The molecule has 0 aliphatic rings. The first-order chi connectivity index (χ1) is 9.36. The van der Waals surface area contributed by atoms with Crippen molar-refractivity contribution in [2.24, 2.45) is 0 Å². The fraction of sp³-hybridized carbons (Fsp3) is 0.353. The van der Waals surface area contributed by atoms with Gasteiger partial charge in [-0.1, -0.05) is 56.5 Å². The molecule has 0 saturated carbocycles. The topological polar surface area (TPSA) is 26.3 Å². The van der Waals surface area contributed by atoms with Crippen molar-refractivity contribution >= 4 is 12.4 Å². The third kappa shape index (κ3) is 7.24. The summed E-state index contributed by atoms with van der Waals surface area (Å²) in [7, 11) is 0. The molecule has 0 amide bonds. The van der Waals surface area contributed by atoms with Crippen molar-refractivity contribution in [1.82, 2.24) is 0 Å². The van der Waals surface area contributed by atoms with Crippen molar-refractivity contribution in [3.63, 3.8) is 0 Å². The Balaban J connectivity index is 2.32. The second-order valence-electron chi connectivity index (χ2n) is 4.36. The molecule has 2 heteroatoms. The number of hydrogen-bond acceptors (Lipinski definition) is 2. The van der Waals surface area contributed by atoms with Crippen LogP contribution in [0.25, 0.3) is 6.08 Å². The predicted molar refractivity (Wildman–Crippen MR) is 80.3 cm³/mol. The summed E-state index contributed by atoms with van der Waals surface area (Å²) in [6, 6.07) is 7.96. The van der Waals surface area contributed by atoms with Crippen LogP contribution in [0.3, 0.4) is 0 Å². The van der Waals surface area contributed by atoms with E-state index in [2.05, 4.69) is 6.92 Å². The van der Waals surface area contributed by atoms with Crippen LogP contribution in [0.15, 0.2) is 42.5 Å². The minimum Gasteiger partial charge on any atom is -0.494 e. The van der Waals surface area contributed by atoms with Gasteiger partial charge in [-0.25, -0.2) is 0 Å². The number of benzene rings is 1. The second-order valence-corrected chi connectivity index (χ2v) is 4.36. The molecular weight excluding hydrogens is 236 g/mol. The van der Waals surface area contributed by atoms with E-state index < -0.39 is 0 Å². The summed E-state index contributed by atoms with van der Waals surface area (Å²) in [5.74, 6) is 0.914. The number of carbonyl (C=O) groups excluding carboxylic acids is 1. The minimum atomic E-state index is 0.764. The number of aldehydes is 1. The highest BCUT2D eigenvalue weighted by atomic mass is 16.5. The molecule has 0 aliphatic heterocycles. The number of ether oxygens (including phenoxy) is 1. The van der Waals surface area contributed by atoms with Crippen LogP contribution in [-0.2, 0) is 4.79 Å². The molecule has 0 spiro atoms. The molecule has 0 radical (unpaired) electrons. The van der Waals surface area contributed by atoms with Gasteiger partial charge in [0.1, 0.15) is 12.0 Å². The van der Waals surface area contributed by atoms with Crippen molar-refractivity contribution in [3.05, 3.63) is 48.1 Å². The zero-order chi connectivity index (χ0) is 13.8. The lowest BCUT2D eigenvalue weighted by atomic mass is 10.2. The van der Waals surface area contributed by atoms with Gasteiger partial charge in [-0.2, -0.15) is 0 Å². The maximum absolute atomic E-state index is 10.1. The second kappa shape index (κ2) is 10.1. The van der Waals surface area contributed by atoms with Gasteiger partial charge < -0.3 is 4.74 Å². The standard InChI is InChI=1S/C17H22O2/c1-2-3-4-8-15-19-17-12-10-16(11-13-17)9-6-5-7-14-18/h5-7,9-14H,2-4,8,15H2,1H3/b7-5+,9-6+. The molecule has 1 aromatic carbocycles. The normalized spacial score (nSPS) is 11.2. The van der Waals surface area contributed by atoms with Crippen molar-refractivity contribution in [1.29, 1.82) is 0 Å². The van der Waals surface area contributed by atoms with Crippen LogP contribution in [0, 0.1) is 0 Å². The van der Waals surface area contributed by atoms with Gasteiger partial charge in [0.05, 0.1) is 6.61 Å². The fourth-order valence-electron chi connectivity index (χ4n) is 1.67. The predicted octanol–water partition coefficient (Wildman–Crippen LogP) is 4.41. The average Bonchev–Trinajstić information content (AvgIpc) is 2.45. The fourth-order valence-corrected chi connectivity index (χ4v) is 1.67. The lowest BCUT2D eigenvalue weighted by Crippen LogP contribution is -1.96. The first kappa shape index (κ1) is 15.2. The van der Waals surface area contributed by atoms with E-state index in [-0.39, 0.29) is 0 Å². The first-order valence-corrected chi connectivity index (χ1v) is 6.88. The van der Waals surface area contributed by atoms with Crippen LogP contribution in [0.4, 0.5) is 0 Å². The van der Waals surface area contributed by atoms with Crippen molar-refractivity contribution < 1.29 is 9.53 Å². The molecule has 19 heavy (non-hydrogen) atoms. The highest BCUT2D eigenvalue weighted by Crippen LogP contribution is 2.14. The lowest BCUT2D eigenvalue weighted by molar-refractivity contribution is -0.104. The van der Waals surface area contributed by atoms with Crippen LogP contribution < -0.4 is 4.74 Å². The quantitative estimate of drug-likeness (QED) is 0.284. The number of rotatable bonds is 9. The van der Waals surface area contributed by atoms with E-state index in [0.717, 1.165) is 30.6 Å². The molecule has 0 fully saturated rings. The van der Waals surface area contributed by atoms with Gasteiger partial charge in [-0.3, -0.25) is 4.79 Å². The Morgan fingerprint density at radius 2 is 1.79 bits per heavy atom. The van der Waals surface area contributed by atoms with E-state index >= 15 is 0 Å². The third-order valence-electron chi connectivity index (χ3n) is 2.74. The summed E-state index contributed by atoms with van der Waals surface area (Å²) >= 11 is 0. The maximum Gasteiger partial charge on any atom is 0.142 e. The molecule has 1 rings (SSSR count). The van der Waals surface area contributed by atoms with Crippen molar-refractivity contribution in [3.8, 4) is 5.75 Å². The molecule has 2 nitrogen and oxygen atoms in total. The molecule has 0 heterocycles. The van der Waals surface area contributed by atoms with Gasteiger partial charge in [0, 0.05) is 0 Å². The summed E-state index contributed by atoms with van der Waals surface area (Å²) in [6.07, 6.45) is 12.6. The van der Waals surface area contributed by atoms with Crippen molar-refractivity contribution in [2.45, 2.75) is 32.6 Å². The van der Waals surface area contributed by atoms with E-state index in [4.69, 9.17) is 4.74 Å². The number of allylic oxidation sites excluding steroid dienone is 3. The molecule has 102 valence electrons. The lowest BCUT2D eigenvalue weighted by Gasteiger charge is -2.05. The van der Waals surface area contributed by atoms with Crippen LogP contribution in [0.1, 0.15) is 38.2 Å². The summed E-state index contributed by atoms with van der Waals surface area (Å²) in [4.78, 5) is 10.1. The summed E-state index contributed by atoms with van der Waals surface area (Å²) in [5, 5.41) is 0. The highest BCUT2D eigenvalue weighted by molar-refractivity contribution is 5.66. The Labute approximate surface area is 115 Å². The van der Waals surface area contributed by atoms with Gasteiger partial charge in [0.15, 0.2) is 0 Å². The molecular formula is C17H22O2. The van der Waals surface area contributed by atoms with Gasteiger partial charge in [-0.15, -0.1) is 0 Å². The highest BCUT2D eigenvalue weighted by Gasteiger charge is 1.93. The largest absolute Gasteiger partial charge is 0.494 e. The number of hydrogen-bond donors (Lipinski definition) is 0. The molecule has 0 unspecified atom stereocenters. The molecule has 0 aliphatic carbocycles. The SMILES string of the molecule is CCCCCCOc1ccc(/C=C/C=C/C=O)cc1. The smallest absolute Gasteiger partial charge is 0.142 e. The van der Waals surface area contributed by atoms with E-state index in [1.54, 1.807) is 6.08 Å². The molecule has 1 aromatic rings. The zero-order valence-corrected chi connectivity index (χ0v) is 11.5. The van der Waals surface area contributed by atoms with Gasteiger partial charge in [-0.05, 0) is 30.2 Å². The van der Waals surface area contributed by atoms with Gasteiger partial charge in [0.25, 0.3) is 0 Å². The maximum atomic E-state index is 10.1. The Kier molecular flexibility index (Phi) is 8.12. The van der Waals surface area contributed by atoms with Gasteiger partial charge in [0.2, 0.25) is 0 Å². The molecule has 0 bridgehead atoms. The summed E-state index contributed by atoms with van der Waals surface area (Å²) < 4.78 is 5.67. The molecule has 0 atom stereocenters. The Morgan fingerprint density at radius 1 is 1.00 bits per heavy atom. The van der Waals surface area contributed by atoms with E-state index in [1.807, 2.05) is 36.4 Å². The summed E-state index contributed by atoms with van der Waals surface area (Å²) in [5.41, 5.74) is 1.09. The zero-order valence-electron chi connectivity index (χ0n) is 11.5.